The molecule has 0 aromatic carbocycles. The van der Waals surface area contributed by atoms with E-state index in [1.54, 1.807) is 6.92 Å². The van der Waals surface area contributed by atoms with Crippen molar-refractivity contribution in [3.63, 3.8) is 0 Å². The molecule has 160 valence electrons. The first kappa shape index (κ1) is 21.4. The van der Waals surface area contributed by atoms with Gasteiger partial charge in [-0.1, -0.05) is 0 Å². The molecule has 0 bridgehead atoms. The molecule has 4 atom stereocenters. The third-order valence-corrected chi connectivity index (χ3v) is 8.96. The predicted octanol–water partition coefficient (Wildman–Crippen LogP) is 2.45. The molecule has 2 aliphatic carbocycles. The first-order valence-electron chi connectivity index (χ1n) is 10.5. The lowest BCUT2D eigenvalue weighted by atomic mass is 9.69. The molecule has 0 spiro atoms. The van der Waals surface area contributed by atoms with E-state index in [2.05, 4.69) is 0 Å². The van der Waals surface area contributed by atoms with Crippen LogP contribution in [-0.2, 0) is 19.4 Å². The summed E-state index contributed by atoms with van der Waals surface area (Å²) in [5, 5.41) is -0.199. The number of amides is 2. The molecule has 0 aromatic heterocycles. The number of rotatable bonds is 2. The Morgan fingerprint density at radius 3 is 2.11 bits per heavy atom. The van der Waals surface area contributed by atoms with E-state index in [0.29, 0.717) is 18.4 Å². The van der Waals surface area contributed by atoms with Gasteiger partial charge in [0.2, 0.25) is 5.91 Å². The summed E-state index contributed by atoms with van der Waals surface area (Å²) in [7, 11) is -1.55. The fourth-order valence-electron chi connectivity index (χ4n) is 5.94. The Morgan fingerprint density at radius 1 is 0.964 bits per heavy atom. The van der Waals surface area contributed by atoms with Crippen LogP contribution in [0.25, 0.3) is 0 Å². The number of methoxy groups -OCH3 is 1. The van der Waals surface area contributed by atoms with Crippen LogP contribution in [0.15, 0.2) is 0 Å². The van der Waals surface area contributed by atoms with E-state index in [1.165, 1.54) is 13.4 Å². The molecule has 2 amide bonds. The molecule has 1 aliphatic heterocycles. The Balaban J connectivity index is 1.73. The lowest BCUT2D eigenvalue weighted by Crippen LogP contribution is -2.67. The number of hydrogen-bond donors (Lipinski definition) is 0. The second kappa shape index (κ2) is 8.20. The van der Waals surface area contributed by atoms with Gasteiger partial charge in [0.1, 0.15) is 9.84 Å². The second-order valence-electron chi connectivity index (χ2n) is 8.97. The van der Waals surface area contributed by atoms with Crippen molar-refractivity contribution >= 4 is 21.8 Å². The van der Waals surface area contributed by atoms with Crippen molar-refractivity contribution in [2.75, 3.05) is 19.9 Å². The first-order chi connectivity index (χ1) is 13.1. The largest absolute Gasteiger partial charge is 0.453 e. The number of fused-ring (bicyclic) bond motifs is 1. The SMILES string of the molecule is COC(=O)N1C[C@H](C)N(C(C)=O)C2CCC(C3CCC(S(C)(=O)=O)CC3)CC21. The van der Waals surface area contributed by atoms with Gasteiger partial charge in [-0.25, -0.2) is 13.2 Å². The van der Waals surface area contributed by atoms with Gasteiger partial charge in [-0.2, -0.15) is 0 Å². The molecule has 3 aliphatic rings. The van der Waals surface area contributed by atoms with Crippen molar-refractivity contribution in [1.29, 1.82) is 0 Å². The number of piperazine rings is 1. The minimum Gasteiger partial charge on any atom is -0.453 e. The molecule has 0 aromatic rings. The topological polar surface area (TPSA) is 84.0 Å². The van der Waals surface area contributed by atoms with Gasteiger partial charge in [0.05, 0.1) is 24.4 Å². The summed E-state index contributed by atoms with van der Waals surface area (Å²) < 4.78 is 28.7. The van der Waals surface area contributed by atoms with E-state index < -0.39 is 9.84 Å². The van der Waals surface area contributed by atoms with Gasteiger partial charge in [-0.05, 0) is 63.7 Å². The highest BCUT2D eigenvalue weighted by Crippen LogP contribution is 2.43. The summed E-state index contributed by atoms with van der Waals surface area (Å²) in [6, 6.07) is 0.0162. The Bertz CT molecular complexity index is 701. The van der Waals surface area contributed by atoms with Crippen molar-refractivity contribution in [3.8, 4) is 0 Å². The molecule has 1 heterocycles. The summed E-state index contributed by atoms with van der Waals surface area (Å²) in [6.45, 7) is 4.10. The van der Waals surface area contributed by atoms with Gasteiger partial charge < -0.3 is 14.5 Å². The van der Waals surface area contributed by atoms with E-state index in [-0.39, 0.29) is 35.4 Å². The molecule has 0 radical (unpaired) electrons. The van der Waals surface area contributed by atoms with Crippen LogP contribution in [0.4, 0.5) is 4.79 Å². The number of hydrogen-bond acceptors (Lipinski definition) is 5. The van der Waals surface area contributed by atoms with Crippen molar-refractivity contribution in [2.45, 2.75) is 82.2 Å². The maximum Gasteiger partial charge on any atom is 0.409 e. The van der Waals surface area contributed by atoms with Gasteiger partial charge in [-0.15, -0.1) is 0 Å². The van der Waals surface area contributed by atoms with Gasteiger partial charge >= 0.3 is 6.09 Å². The van der Waals surface area contributed by atoms with Crippen LogP contribution < -0.4 is 0 Å². The molecule has 0 N–H and O–H groups in total. The van der Waals surface area contributed by atoms with Crippen molar-refractivity contribution in [3.05, 3.63) is 0 Å². The standard InChI is InChI=1S/C20H34N2O5S/c1-13-12-21(20(24)27-3)19-11-16(7-10-18(19)22(13)14(2)23)15-5-8-17(9-6-15)28(4,25)26/h13,15-19H,5-12H2,1-4H3/t13-,15?,16?,17?,18?,19?/m0/s1. The van der Waals surface area contributed by atoms with E-state index >= 15 is 0 Å². The second-order valence-corrected chi connectivity index (χ2v) is 11.3. The maximum absolute atomic E-state index is 12.4. The molecule has 2 saturated carbocycles. The molecule has 3 rings (SSSR count). The van der Waals surface area contributed by atoms with Gasteiger partial charge in [0, 0.05) is 25.8 Å². The van der Waals surface area contributed by atoms with Gasteiger partial charge in [0.15, 0.2) is 0 Å². The summed E-state index contributed by atoms with van der Waals surface area (Å²) in [5.74, 6) is 1.04. The normalized spacial score (nSPS) is 36.6. The van der Waals surface area contributed by atoms with Crippen LogP contribution in [0.5, 0.6) is 0 Å². The maximum atomic E-state index is 12.4. The number of carbonyl (C=O) groups is 2. The molecule has 8 heteroatoms. The lowest BCUT2D eigenvalue weighted by Gasteiger charge is -2.54. The van der Waals surface area contributed by atoms with Crippen LogP contribution >= 0.6 is 0 Å². The Hall–Kier alpha value is -1.31. The average Bonchev–Trinajstić information content (AvgIpc) is 2.65. The van der Waals surface area contributed by atoms with Crippen LogP contribution in [0.1, 0.15) is 58.8 Å². The zero-order valence-corrected chi connectivity index (χ0v) is 18.3. The third-order valence-electron chi connectivity index (χ3n) is 7.28. The number of carbonyl (C=O) groups excluding carboxylic acids is 2. The summed E-state index contributed by atoms with van der Waals surface area (Å²) >= 11 is 0. The van der Waals surface area contributed by atoms with Crippen molar-refractivity contribution in [2.24, 2.45) is 11.8 Å². The highest BCUT2D eigenvalue weighted by Gasteiger charge is 2.48. The van der Waals surface area contributed by atoms with E-state index in [1.807, 2.05) is 16.7 Å². The van der Waals surface area contributed by atoms with E-state index in [4.69, 9.17) is 4.74 Å². The van der Waals surface area contributed by atoms with Crippen molar-refractivity contribution < 1.29 is 22.7 Å². The zero-order valence-electron chi connectivity index (χ0n) is 17.5. The fourth-order valence-corrected chi connectivity index (χ4v) is 7.07. The minimum absolute atomic E-state index is 0.0143. The molecule has 7 nitrogen and oxygen atoms in total. The van der Waals surface area contributed by atoms with Crippen LogP contribution in [0, 0.1) is 11.8 Å². The first-order valence-corrected chi connectivity index (χ1v) is 12.4. The van der Waals surface area contributed by atoms with Crippen LogP contribution in [-0.4, -0.2) is 73.5 Å². The van der Waals surface area contributed by atoms with Crippen LogP contribution in [0.3, 0.4) is 0 Å². The van der Waals surface area contributed by atoms with Crippen LogP contribution in [0.2, 0.25) is 0 Å². The Labute approximate surface area is 168 Å². The van der Waals surface area contributed by atoms with E-state index in [0.717, 1.165) is 44.9 Å². The highest BCUT2D eigenvalue weighted by molar-refractivity contribution is 7.91. The summed E-state index contributed by atoms with van der Waals surface area (Å²) in [5.41, 5.74) is 0. The highest BCUT2D eigenvalue weighted by atomic mass is 32.2. The van der Waals surface area contributed by atoms with Crippen molar-refractivity contribution in [1.82, 2.24) is 9.80 Å². The average molecular weight is 415 g/mol. The molecular weight excluding hydrogens is 380 g/mol. The Kier molecular flexibility index (Phi) is 6.27. The zero-order chi connectivity index (χ0) is 20.6. The lowest BCUT2D eigenvalue weighted by molar-refractivity contribution is -0.142. The van der Waals surface area contributed by atoms with Gasteiger partial charge in [-0.3, -0.25) is 4.79 Å². The number of nitrogens with zero attached hydrogens (tertiary/aromatic N) is 2. The fraction of sp³-hybridized carbons (Fsp3) is 0.900. The molecule has 3 fully saturated rings. The summed E-state index contributed by atoms with van der Waals surface area (Å²) in [4.78, 5) is 28.5. The smallest absolute Gasteiger partial charge is 0.409 e. The Morgan fingerprint density at radius 2 is 1.57 bits per heavy atom. The molecular formula is C20H34N2O5S. The monoisotopic (exact) mass is 414 g/mol. The van der Waals surface area contributed by atoms with E-state index in [9.17, 15) is 18.0 Å². The summed E-state index contributed by atoms with van der Waals surface area (Å²) in [6.07, 6.45) is 7.17. The number of ether oxygens (including phenoxy) is 1. The number of sulfone groups is 1. The van der Waals surface area contributed by atoms with Gasteiger partial charge in [0.25, 0.3) is 0 Å². The molecule has 3 unspecified atom stereocenters. The quantitative estimate of drug-likeness (QED) is 0.693. The molecule has 28 heavy (non-hydrogen) atoms. The minimum atomic E-state index is -2.96. The third kappa shape index (κ3) is 4.16. The molecule has 1 saturated heterocycles. The predicted molar refractivity (Wildman–Crippen MR) is 107 cm³/mol.